The van der Waals surface area contributed by atoms with Crippen molar-refractivity contribution in [3.05, 3.63) is 5.01 Å². The van der Waals surface area contributed by atoms with E-state index in [4.69, 9.17) is 0 Å². The predicted octanol–water partition coefficient (Wildman–Crippen LogP) is 1.11. The molecule has 1 atom stereocenters. The molecule has 1 aliphatic rings. The van der Waals surface area contributed by atoms with Gasteiger partial charge in [-0.2, -0.15) is 0 Å². The topological polar surface area (TPSA) is 89.0 Å². The highest BCUT2D eigenvalue weighted by atomic mass is 32.2. The van der Waals surface area contributed by atoms with Crippen LogP contribution in [-0.4, -0.2) is 36.0 Å². The van der Waals surface area contributed by atoms with Crippen LogP contribution in [0.25, 0.3) is 0 Å². The number of carbonyl (C=O) groups excluding carboxylic acids is 1. The molecule has 1 saturated heterocycles. The van der Waals surface area contributed by atoms with E-state index < -0.39 is 15.8 Å². The molecule has 1 aliphatic heterocycles. The van der Waals surface area contributed by atoms with Crippen LogP contribution in [0.2, 0.25) is 0 Å². The Labute approximate surface area is 116 Å². The van der Waals surface area contributed by atoms with Gasteiger partial charge in [-0.25, -0.2) is 8.42 Å². The average molecular weight is 303 g/mol. The molecule has 6 nitrogen and oxygen atoms in total. The number of rotatable bonds is 4. The largest absolute Gasteiger partial charge is 0.300 e. The minimum absolute atomic E-state index is 0.0590. The van der Waals surface area contributed by atoms with Gasteiger partial charge in [0.2, 0.25) is 11.0 Å². The van der Waals surface area contributed by atoms with Crippen molar-refractivity contribution in [1.82, 2.24) is 10.2 Å². The Morgan fingerprint density at radius 2 is 2.21 bits per heavy atom. The van der Waals surface area contributed by atoms with Gasteiger partial charge in [-0.15, -0.1) is 10.2 Å². The van der Waals surface area contributed by atoms with Crippen molar-refractivity contribution in [1.29, 1.82) is 0 Å². The summed E-state index contributed by atoms with van der Waals surface area (Å²) < 4.78 is 22.6. The molecule has 0 unspecified atom stereocenters. The molecule has 2 rings (SSSR count). The van der Waals surface area contributed by atoms with Gasteiger partial charge in [0.25, 0.3) is 0 Å². The molecule has 1 N–H and O–H groups in total. The van der Waals surface area contributed by atoms with Crippen LogP contribution in [0, 0.1) is 11.8 Å². The number of hydrogen-bond acceptors (Lipinski definition) is 6. The molecule has 1 aromatic rings. The normalized spacial score (nSPS) is 21.7. The SMILES string of the molecule is CC(C)Cc1nnc(NC(=O)[C@@H]2CCS(=O)(=O)C2)s1. The first-order valence-electron chi connectivity index (χ1n) is 6.19. The molecule has 1 amide bonds. The van der Waals surface area contributed by atoms with Crippen molar-refractivity contribution in [3.8, 4) is 0 Å². The molecule has 0 radical (unpaired) electrons. The zero-order valence-electron chi connectivity index (χ0n) is 10.9. The van der Waals surface area contributed by atoms with Crippen LogP contribution in [-0.2, 0) is 21.1 Å². The van der Waals surface area contributed by atoms with Gasteiger partial charge in [-0.3, -0.25) is 4.79 Å². The van der Waals surface area contributed by atoms with Crippen LogP contribution < -0.4 is 5.32 Å². The Bertz CT molecular complexity index is 565. The van der Waals surface area contributed by atoms with Crippen LogP contribution in [0.1, 0.15) is 25.3 Å². The van der Waals surface area contributed by atoms with Gasteiger partial charge in [0.05, 0.1) is 17.4 Å². The number of amides is 1. The van der Waals surface area contributed by atoms with E-state index >= 15 is 0 Å². The lowest BCUT2D eigenvalue weighted by atomic mass is 10.1. The molecule has 0 spiro atoms. The van der Waals surface area contributed by atoms with Crippen molar-refractivity contribution < 1.29 is 13.2 Å². The van der Waals surface area contributed by atoms with Crippen molar-refractivity contribution in [2.45, 2.75) is 26.7 Å². The number of sulfone groups is 1. The van der Waals surface area contributed by atoms with Gasteiger partial charge in [0.1, 0.15) is 5.01 Å². The third kappa shape index (κ3) is 3.97. The first-order valence-corrected chi connectivity index (χ1v) is 8.83. The number of hydrogen-bond donors (Lipinski definition) is 1. The Kier molecular flexibility index (Phi) is 4.19. The van der Waals surface area contributed by atoms with Gasteiger partial charge in [-0.05, 0) is 12.3 Å². The van der Waals surface area contributed by atoms with Gasteiger partial charge < -0.3 is 5.32 Å². The average Bonchev–Trinajstić information content (AvgIpc) is 2.84. The quantitative estimate of drug-likeness (QED) is 0.900. The third-order valence-corrected chi connectivity index (χ3v) is 5.51. The fourth-order valence-electron chi connectivity index (χ4n) is 1.95. The second-order valence-corrected chi connectivity index (χ2v) is 8.48. The summed E-state index contributed by atoms with van der Waals surface area (Å²) in [6, 6.07) is 0. The molecule has 1 aromatic heterocycles. The number of nitrogens with zero attached hydrogens (tertiary/aromatic N) is 2. The highest BCUT2D eigenvalue weighted by Gasteiger charge is 2.33. The van der Waals surface area contributed by atoms with Gasteiger partial charge in [0, 0.05) is 6.42 Å². The summed E-state index contributed by atoms with van der Waals surface area (Å²) in [5, 5.41) is 11.9. The van der Waals surface area contributed by atoms with Crippen LogP contribution in [0.5, 0.6) is 0 Å². The molecule has 2 heterocycles. The Balaban J connectivity index is 1.94. The summed E-state index contributed by atoms with van der Waals surface area (Å²) in [7, 11) is -3.04. The molecule has 0 bridgehead atoms. The lowest BCUT2D eigenvalue weighted by molar-refractivity contribution is -0.119. The van der Waals surface area contributed by atoms with Gasteiger partial charge in [0.15, 0.2) is 9.84 Å². The maximum Gasteiger partial charge on any atom is 0.230 e. The van der Waals surface area contributed by atoms with Crippen LogP contribution >= 0.6 is 11.3 Å². The maximum absolute atomic E-state index is 11.9. The van der Waals surface area contributed by atoms with Crippen LogP contribution in [0.15, 0.2) is 0 Å². The van der Waals surface area contributed by atoms with Crippen LogP contribution in [0.4, 0.5) is 5.13 Å². The van der Waals surface area contributed by atoms with Crippen molar-refractivity contribution in [2.24, 2.45) is 11.8 Å². The van der Waals surface area contributed by atoms with Crippen molar-refractivity contribution in [3.63, 3.8) is 0 Å². The minimum Gasteiger partial charge on any atom is -0.300 e. The lowest BCUT2D eigenvalue weighted by Crippen LogP contribution is -2.23. The first-order chi connectivity index (χ1) is 8.85. The molecular formula is C11H17N3O3S2. The summed E-state index contributed by atoms with van der Waals surface area (Å²) in [5.41, 5.74) is 0. The zero-order valence-corrected chi connectivity index (χ0v) is 12.6. The lowest BCUT2D eigenvalue weighted by Gasteiger charge is -2.05. The number of carbonyl (C=O) groups is 1. The third-order valence-electron chi connectivity index (χ3n) is 2.88. The Morgan fingerprint density at radius 3 is 2.79 bits per heavy atom. The molecule has 0 aromatic carbocycles. The van der Waals surface area contributed by atoms with Gasteiger partial charge in [-0.1, -0.05) is 25.2 Å². The summed E-state index contributed by atoms with van der Waals surface area (Å²) in [5.74, 6) is -0.205. The van der Waals surface area contributed by atoms with E-state index in [1.54, 1.807) is 0 Å². The molecule has 0 saturated carbocycles. The van der Waals surface area contributed by atoms with E-state index in [1.807, 2.05) is 0 Å². The van der Waals surface area contributed by atoms with Crippen molar-refractivity contribution >= 4 is 32.2 Å². The number of anilines is 1. The molecule has 0 aliphatic carbocycles. The smallest absolute Gasteiger partial charge is 0.230 e. The highest BCUT2D eigenvalue weighted by Crippen LogP contribution is 2.22. The highest BCUT2D eigenvalue weighted by molar-refractivity contribution is 7.91. The molecule has 106 valence electrons. The summed E-state index contributed by atoms with van der Waals surface area (Å²) in [6.45, 7) is 4.17. The predicted molar refractivity (Wildman–Crippen MR) is 73.8 cm³/mol. The molecular weight excluding hydrogens is 286 g/mol. The first kappa shape index (κ1) is 14.4. The fourth-order valence-corrected chi connectivity index (χ4v) is 4.64. The number of nitrogens with one attached hydrogen (secondary N) is 1. The van der Waals surface area contributed by atoms with E-state index in [1.165, 1.54) is 11.3 Å². The second-order valence-electron chi connectivity index (χ2n) is 5.19. The summed E-state index contributed by atoms with van der Waals surface area (Å²) in [6.07, 6.45) is 1.22. The van der Waals surface area contributed by atoms with E-state index in [-0.39, 0.29) is 17.4 Å². The van der Waals surface area contributed by atoms with Gasteiger partial charge >= 0.3 is 0 Å². The summed E-state index contributed by atoms with van der Waals surface area (Å²) in [4.78, 5) is 11.9. The van der Waals surface area contributed by atoms with Crippen molar-refractivity contribution in [2.75, 3.05) is 16.8 Å². The van der Waals surface area contributed by atoms with Crippen LogP contribution in [0.3, 0.4) is 0 Å². The van der Waals surface area contributed by atoms with E-state index in [2.05, 4.69) is 29.4 Å². The fraction of sp³-hybridized carbons (Fsp3) is 0.727. The Hall–Kier alpha value is -1.02. The van der Waals surface area contributed by atoms with E-state index in [0.717, 1.165) is 11.4 Å². The Morgan fingerprint density at radius 1 is 1.47 bits per heavy atom. The minimum atomic E-state index is -3.04. The molecule has 19 heavy (non-hydrogen) atoms. The summed E-state index contributed by atoms with van der Waals surface area (Å²) >= 11 is 1.34. The second kappa shape index (κ2) is 5.54. The zero-order chi connectivity index (χ0) is 14.0. The molecule has 1 fully saturated rings. The molecule has 8 heteroatoms. The standard InChI is InChI=1S/C11H17N3O3S2/c1-7(2)5-9-13-14-11(18-9)12-10(15)8-3-4-19(16,17)6-8/h7-8H,3-6H2,1-2H3,(H,12,14,15)/t8-/m1/s1. The number of aromatic nitrogens is 2. The van der Waals surface area contributed by atoms with E-state index in [9.17, 15) is 13.2 Å². The maximum atomic E-state index is 11.9. The monoisotopic (exact) mass is 303 g/mol. The van der Waals surface area contributed by atoms with E-state index in [0.29, 0.717) is 17.5 Å².